The van der Waals surface area contributed by atoms with Gasteiger partial charge in [-0.05, 0) is 105 Å². The molecule has 0 amide bonds. The number of benzene rings is 3. The summed E-state index contributed by atoms with van der Waals surface area (Å²) in [7, 11) is 2.10. The van der Waals surface area contributed by atoms with Crippen LogP contribution in [0.3, 0.4) is 0 Å². The molecule has 1 N–H and O–H groups in total. The van der Waals surface area contributed by atoms with Gasteiger partial charge in [0.25, 0.3) is 5.69 Å². The Hall–Kier alpha value is -3.92. The lowest BCUT2D eigenvalue weighted by molar-refractivity contribution is -0.384. The number of aromatic nitrogens is 1. The molecule has 0 aliphatic carbocycles. The molecule has 1 aromatic heterocycles. The second-order valence-electron chi connectivity index (χ2n) is 11.3. The van der Waals surface area contributed by atoms with Crippen LogP contribution >= 0.6 is 35.6 Å². The minimum absolute atomic E-state index is 0.0742. The molecule has 1 fully saturated rings. The van der Waals surface area contributed by atoms with Gasteiger partial charge in [0.15, 0.2) is 5.11 Å². The van der Waals surface area contributed by atoms with Crippen LogP contribution in [0.1, 0.15) is 49.7 Å². The van der Waals surface area contributed by atoms with Crippen molar-refractivity contribution in [3.05, 3.63) is 123 Å². The summed E-state index contributed by atoms with van der Waals surface area (Å²) < 4.78 is 0. The number of hydrogen-bond donors (Lipinski definition) is 1. The van der Waals surface area contributed by atoms with Gasteiger partial charge in [0.2, 0.25) is 0 Å². The molecular weight excluding hydrogens is 598 g/mol. The highest BCUT2D eigenvalue weighted by atomic mass is 35.5. The van der Waals surface area contributed by atoms with Crippen molar-refractivity contribution in [1.29, 1.82) is 0 Å². The predicted molar refractivity (Wildman–Crippen MR) is 179 cm³/mol. The van der Waals surface area contributed by atoms with E-state index >= 15 is 0 Å². The van der Waals surface area contributed by atoms with E-state index in [4.69, 9.17) is 23.8 Å². The van der Waals surface area contributed by atoms with Gasteiger partial charge >= 0.3 is 0 Å². The average molecular weight is 628 g/mol. The van der Waals surface area contributed by atoms with Gasteiger partial charge in [-0.1, -0.05) is 35.5 Å². The number of thiocarbonyl (C=S) groups is 1. The van der Waals surface area contributed by atoms with Crippen LogP contribution in [0.2, 0.25) is 5.02 Å². The molecule has 3 aromatic carbocycles. The van der Waals surface area contributed by atoms with Crippen LogP contribution < -0.4 is 15.1 Å². The molecule has 4 aromatic rings. The number of hydrogen-bond acceptors (Lipinski definition) is 6. The van der Waals surface area contributed by atoms with E-state index in [9.17, 15) is 10.1 Å². The molecule has 0 saturated carbocycles. The number of nitro groups is 1. The fraction of sp³-hybridized carbons (Fsp3) is 0.212. The lowest BCUT2D eigenvalue weighted by atomic mass is 9.86. The number of anilines is 2. The number of non-ortho nitro benzene ring substituents is 1. The smallest absolute Gasteiger partial charge is 0.269 e. The number of nitro benzene ring substituents is 1. The van der Waals surface area contributed by atoms with E-state index in [2.05, 4.69) is 66.1 Å². The standard InChI is InChI=1S/C33H30ClN5O2S2/c1-20-19-33(2,3)37(4)29-18-27(34)26(17-25(20)29)31-30(28-7-5-6-16-35-28)36-32(42)38(31)21-8-12-23(13-9-21)43-24-14-10-22(11-15-24)39(40)41/h5-19,30-31H,1-4H3,(H,36,42). The predicted octanol–water partition coefficient (Wildman–Crippen LogP) is 8.60. The van der Waals surface area contributed by atoms with Crippen molar-refractivity contribution >= 4 is 63.3 Å². The number of nitrogens with zero attached hydrogens (tertiary/aromatic N) is 4. The average Bonchev–Trinajstić information content (AvgIpc) is 3.33. The lowest BCUT2D eigenvalue weighted by Gasteiger charge is -2.41. The highest BCUT2D eigenvalue weighted by Gasteiger charge is 2.42. The Morgan fingerprint density at radius 3 is 2.35 bits per heavy atom. The fourth-order valence-electron chi connectivity index (χ4n) is 5.81. The lowest BCUT2D eigenvalue weighted by Crippen LogP contribution is -2.42. The van der Waals surface area contributed by atoms with Gasteiger partial charge in [0, 0.05) is 57.1 Å². The van der Waals surface area contributed by atoms with E-state index in [-0.39, 0.29) is 23.3 Å². The van der Waals surface area contributed by atoms with Crippen LogP contribution in [0.5, 0.6) is 0 Å². The minimum Gasteiger partial charge on any atom is -0.365 e. The molecule has 7 nitrogen and oxygen atoms in total. The largest absolute Gasteiger partial charge is 0.365 e. The minimum atomic E-state index is -0.393. The highest BCUT2D eigenvalue weighted by Crippen LogP contribution is 2.48. The summed E-state index contributed by atoms with van der Waals surface area (Å²) in [5, 5.41) is 15.8. The van der Waals surface area contributed by atoms with Gasteiger partial charge in [-0.15, -0.1) is 0 Å². The summed E-state index contributed by atoms with van der Waals surface area (Å²) in [6.45, 7) is 6.55. The van der Waals surface area contributed by atoms with Crippen molar-refractivity contribution in [3.8, 4) is 0 Å². The second kappa shape index (κ2) is 11.3. The second-order valence-corrected chi connectivity index (χ2v) is 13.2. The van der Waals surface area contributed by atoms with Crippen molar-refractivity contribution < 1.29 is 4.92 Å². The summed E-state index contributed by atoms with van der Waals surface area (Å²) in [5.74, 6) is 0. The van der Waals surface area contributed by atoms with E-state index in [1.807, 2.05) is 42.5 Å². The zero-order valence-electron chi connectivity index (χ0n) is 24.1. The number of rotatable bonds is 6. The molecule has 218 valence electrons. The number of fused-ring (bicyclic) bond motifs is 1. The van der Waals surface area contributed by atoms with Crippen molar-refractivity contribution in [1.82, 2.24) is 10.3 Å². The number of allylic oxidation sites excluding steroid dienone is 1. The maximum atomic E-state index is 11.0. The van der Waals surface area contributed by atoms with Gasteiger partial charge in [-0.2, -0.15) is 0 Å². The first-order valence-corrected chi connectivity index (χ1v) is 15.4. The molecule has 0 bridgehead atoms. The number of pyridine rings is 1. The molecule has 43 heavy (non-hydrogen) atoms. The van der Waals surface area contributed by atoms with Crippen molar-refractivity contribution in [2.75, 3.05) is 16.8 Å². The molecule has 2 unspecified atom stereocenters. The van der Waals surface area contributed by atoms with Crippen LogP contribution in [-0.2, 0) is 0 Å². The Balaban J connectivity index is 1.39. The zero-order valence-corrected chi connectivity index (χ0v) is 26.5. The summed E-state index contributed by atoms with van der Waals surface area (Å²) >= 11 is 14.6. The van der Waals surface area contributed by atoms with Crippen LogP contribution in [0.4, 0.5) is 17.1 Å². The molecule has 6 rings (SSSR count). The van der Waals surface area contributed by atoms with Gasteiger partial charge in [0.05, 0.1) is 28.2 Å². The fourth-order valence-corrected chi connectivity index (χ4v) is 7.24. The van der Waals surface area contributed by atoms with E-state index < -0.39 is 4.92 Å². The summed E-state index contributed by atoms with van der Waals surface area (Å²) in [6.07, 6.45) is 4.09. The van der Waals surface area contributed by atoms with Crippen LogP contribution in [0.15, 0.2) is 101 Å². The van der Waals surface area contributed by atoms with Gasteiger partial charge in [-0.25, -0.2) is 0 Å². The molecule has 0 radical (unpaired) electrons. The first-order chi connectivity index (χ1) is 20.5. The Morgan fingerprint density at radius 1 is 1.05 bits per heavy atom. The van der Waals surface area contributed by atoms with Crippen molar-refractivity contribution in [3.63, 3.8) is 0 Å². The molecular formula is C33H30ClN5O2S2. The Morgan fingerprint density at radius 2 is 1.72 bits per heavy atom. The Labute approximate surface area is 265 Å². The number of halogens is 1. The maximum absolute atomic E-state index is 11.0. The van der Waals surface area contributed by atoms with Gasteiger partial charge in [-0.3, -0.25) is 15.1 Å². The first-order valence-electron chi connectivity index (χ1n) is 13.8. The Bertz CT molecular complexity index is 1740. The molecule has 3 heterocycles. The summed E-state index contributed by atoms with van der Waals surface area (Å²) in [4.78, 5) is 21.6. The first kappa shape index (κ1) is 29.2. The van der Waals surface area contributed by atoms with Crippen molar-refractivity contribution in [2.24, 2.45) is 0 Å². The normalized spacial score (nSPS) is 19.1. The van der Waals surface area contributed by atoms with Crippen LogP contribution in [-0.4, -0.2) is 27.6 Å². The highest BCUT2D eigenvalue weighted by molar-refractivity contribution is 7.99. The number of likely N-dealkylation sites (N-methyl/N-ethyl adjacent to an activating group) is 1. The van der Waals surface area contributed by atoms with E-state index in [0.717, 1.165) is 38.0 Å². The van der Waals surface area contributed by atoms with E-state index in [1.54, 1.807) is 30.1 Å². The summed E-state index contributed by atoms with van der Waals surface area (Å²) in [5.41, 5.74) is 6.16. The third-order valence-electron chi connectivity index (χ3n) is 8.15. The molecule has 0 spiro atoms. The molecule has 1 saturated heterocycles. The molecule has 2 aliphatic rings. The molecule has 10 heteroatoms. The monoisotopic (exact) mass is 627 g/mol. The van der Waals surface area contributed by atoms with E-state index in [0.29, 0.717) is 10.1 Å². The van der Waals surface area contributed by atoms with Gasteiger partial charge in [0.1, 0.15) is 0 Å². The SMILES string of the molecule is CC1=CC(C)(C)N(C)c2cc(Cl)c(C3C(c4ccccn4)NC(=S)N3c3ccc(Sc4ccc([N+](=O)[O-])cc4)cc3)cc21. The Kier molecular flexibility index (Phi) is 7.66. The molecule has 2 aliphatic heterocycles. The van der Waals surface area contributed by atoms with Gasteiger partial charge < -0.3 is 15.1 Å². The van der Waals surface area contributed by atoms with Crippen LogP contribution in [0.25, 0.3) is 5.57 Å². The third kappa shape index (κ3) is 5.48. The van der Waals surface area contributed by atoms with Crippen LogP contribution in [0, 0.1) is 10.1 Å². The van der Waals surface area contributed by atoms with Crippen molar-refractivity contribution in [2.45, 2.75) is 48.2 Å². The quantitative estimate of drug-likeness (QED) is 0.129. The topological polar surface area (TPSA) is 74.5 Å². The number of nitrogens with one attached hydrogen (secondary N) is 1. The van der Waals surface area contributed by atoms with E-state index in [1.165, 1.54) is 17.7 Å². The summed E-state index contributed by atoms with van der Waals surface area (Å²) in [6, 6.07) is 24.4. The molecule has 2 atom stereocenters. The maximum Gasteiger partial charge on any atom is 0.269 e. The zero-order chi connectivity index (χ0) is 30.5. The third-order valence-corrected chi connectivity index (χ3v) is 9.81.